The van der Waals surface area contributed by atoms with E-state index in [0.29, 0.717) is 0 Å². The van der Waals surface area contributed by atoms with Gasteiger partial charge < -0.3 is 0 Å². The fourth-order valence-corrected chi connectivity index (χ4v) is 3.12. The molecule has 106 valence electrons. The Kier molecular flexibility index (Phi) is 5.65. The zero-order valence-electron chi connectivity index (χ0n) is 12.1. The number of aryl methyl sites for hydroxylation is 1. The number of hydrogen-bond donors (Lipinski definition) is 2. The van der Waals surface area contributed by atoms with E-state index >= 15 is 0 Å². The molecule has 0 heterocycles. The van der Waals surface area contributed by atoms with E-state index in [1.807, 2.05) is 0 Å². The largest absolute Gasteiger partial charge is 0.271 e. The number of hydrazine groups is 1. The second-order valence-electron chi connectivity index (χ2n) is 4.84. The van der Waals surface area contributed by atoms with Crippen LogP contribution in [0.5, 0.6) is 0 Å². The van der Waals surface area contributed by atoms with Crippen LogP contribution in [0.4, 0.5) is 0 Å². The van der Waals surface area contributed by atoms with Crippen LogP contribution in [0.1, 0.15) is 36.1 Å². The van der Waals surface area contributed by atoms with Gasteiger partial charge in [0.25, 0.3) is 0 Å². The molecule has 1 unspecified atom stereocenters. The lowest BCUT2D eigenvalue weighted by atomic mass is 9.96. The second-order valence-corrected chi connectivity index (χ2v) is 5.68. The summed E-state index contributed by atoms with van der Waals surface area (Å²) < 4.78 is 0. The third kappa shape index (κ3) is 3.42. The third-order valence-electron chi connectivity index (χ3n) is 3.44. The first-order valence-corrected chi connectivity index (χ1v) is 8.20. The van der Waals surface area contributed by atoms with E-state index in [1.165, 1.54) is 21.6 Å². The van der Waals surface area contributed by atoms with Crippen molar-refractivity contribution >= 4 is 11.8 Å². The molecule has 0 aromatic heterocycles. The summed E-state index contributed by atoms with van der Waals surface area (Å²) in [5, 5.41) is 0. The molecule has 0 spiro atoms. The highest BCUT2D eigenvalue weighted by atomic mass is 32.2. The van der Waals surface area contributed by atoms with E-state index in [4.69, 9.17) is 5.84 Å². The molecule has 2 rings (SSSR count). The van der Waals surface area contributed by atoms with Crippen LogP contribution in [0, 0.1) is 0 Å². The van der Waals surface area contributed by atoms with Crippen molar-refractivity contribution in [2.24, 2.45) is 5.84 Å². The minimum Gasteiger partial charge on any atom is -0.271 e. The highest BCUT2D eigenvalue weighted by Gasteiger charge is 2.15. The van der Waals surface area contributed by atoms with Crippen LogP contribution in [-0.4, -0.2) is 6.26 Å². The van der Waals surface area contributed by atoms with Crippen molar-refractivity contribution in [2.45, 2.75) is 30.7 Å². The zero-order valence-corrected chi connectivity index (χ0v) is 12.9. The van der Waals surface area contributed by atoms with Gasteiger partial charge in [-0.1, -0.05) is 55.8 Å². The first-order valence-electron chi connectivity index (χ1n) is 6.98. The van der Waals surface area contributed by atoms with Gasteiger partial charge in [0.2, 0.25) is 0 Å². The van der Waals surface area contributed by atoms with Crippen LogP contribution in [0.2, 0.25) is 0 Å². The van der Waals surface area contributed by atoms with Crippen LogP contribution in [-0.2, 0) is 6.42 Å². The van der Waals surface area contributed by atoms with E-state index in [-0.39, 0.29) is 6.04 Å². The Morgan fingerprint density at radius 2 is 1.95 bits per heavy atom. The van der Waals surface area contributed by atoms with Gasteiger partial charge in [0.05, 0.1) is 6.04 Å². The van der Waals surface area contributed by atoms with Gasteiger partial charge in [-0.25, -0.2) is 5.43 Å². The molecule has 3 heteroatoms. The van der Waals surface area contributed by atoms with Gasteiger partial charge in [-0.05, 0) is 35.4 Å². The standard InChI is InChI=1S/C17H22N2S/c1-3-7-13-8-6-9-14(12-13)17(19-18)15-10-4-5-11-16(15)20-2/h4-6,8-12,17,19H,3,7,18H2,1-2H3. The molecule has 2 aromatic carbocycles. The second kappa shape index (κ2) is 7.48. The molecule has 0 radical (unpaired) electrons. The van der Waals surface area contributed by atoms with Gasteiger partial charge in [-0.2, -0.15) is 0 Å². The van der Waals surface area contributed by atoms with Crippen molar-refractivity contribution in [3.8, 4) is 0 Å². The Bertz CT molecular complexity index is 554. The first kappa shape index (κ1) is 15.1. The third-order valence-corrected chi connectivity index (χ3v) is 4.25. The molecule has 20 heavy (non-hydrogen) atoms. The summed E-state index contributed by atoms with van der Waals surface area (Å²) in [5.41, 5.74) is 6.79. The molecule has 0 bridgehead atoms. The van der Waals surface area contributed by atoms with Gasteiger partial charge >= 0.3 is 0 Å². The minimum absolute atomic E-state index is 0.0375. The smallest absolute Gasteiger partial charge is 0.0721 e. The number of benzene rings is 2. The lowest BCUT2D eigenvalue weighted by Crippen LogP contribution is -2.29. The van der Waals surface area contributed by atoms with Crippen molar-refractivity contribution in [1.29, 1.82) is 0 Å². The Balaban J connectivity index is 2.39. The highest BCUT2D eigenvalue weighted by Crippen LogP contribution is 2.30. The lowest BCUT2D eigenvalue weighted by molar-refractivity contribution is 0.627. The van der Waals surface area contributed by atoms with Crippen LogP contribution in [0.3, 0.4) is 0 Å². The summed E-state index contributed by atoms with van der Waals surface area (Å²) in [6.45, 7) is 2.20. The van der Waals surface area contributed by atoms with E-state index in [0.717, 1.165) is 12.8 Å². The quantitative estimate of drug-likeness (QED) is 0.480. The summed E-state index contributed by atoms with van der Waals surface area (Å²) in [6.07, 6.45) is 4.36. The summed E-state index contributed by atoms with van der Waals surface area (Å²) >= 11 is 1.75. The Morgan fingerprint density at radius 1 is 1.15 bits per heavy atom. The van der Waals surface area contributed by atoms with Gasteiger partial charge in [-0.15, -0.1) is 11.8 Å². The molecular formula is C17H22N2S. The van der Waals surface area contributed by atoms with E-state index in [1.54, 1.807) is 11.8 Å². The molecule has 0 aliphatic heterocycles. The predicted molar refractivity (Wildman–Crippen MR) is 87.8 cm³/mol. The van der Waals surface area contributed by atoms with Crippen LogP contribution < -0.4 is 11.3 Å². The maximum Gasteiger partial charge on any atom is 0.0721 e. The molecule has 2 aromatic rings. The van der Waals surface area contributed by atoms with Gasteiger partial charge in [-0.3, -0.25) is 5.84 Å². The molecule has 3 N–H and O–H groups in total. The Morgan fingerprint density at radius 3 is 2.65 bits per heavy atom. The van der Waals surface area contributed by atoms with Crippen LogP contribution in [0.15, 0.2) is 53.4 Å². The molecule has 0 amide bonds. The molecule has 0 fully saturated rings. The van der Waals surface area contributed by atoms with Crippen LogP contribution >= 0.6 is 11.8 Å². The fourth-order valence-electron chi connectivity index (χ4n) is 2.49. The number of nitrogens with one attached hydrogen (secondary N) is 1. The number of rotatable bonds is 6. The zero-order chi connectivity index (χ0) is 14.4. The molecule has 0 aliphatic rings. The average Bonchev–Trinajstić information content (AvgIpc) is 2.49. The summed E-state index contributed by atoms with van der Waals surface area (Å²) in [6, 6.07) is 17.1. The molecule has 0 saturated heterocycles. The molecular weight excluding hydrogens is 264 g/mol. The first-order chi connectivity index (χ1) is 9.80. The summed E-state index contributed by atoms with van der Waals surface area (Å²) in [5.74, 6) is 5.83. The van der Waals surface area contributed by atoms with E-state index in [2.05, 4.69) is 67.1 Å². The van der Waals surface area contributed by atoms with E-state index in [9.17, 15) is 0 Å². The minimum atomic E-state index is 0.0375. The molecule has 2 nitrogen and oxygen atoms in total. The van der Waals surface area contributed by atoms with E-state index < -0.39 is 0 Å². The predicted octanol–water partition coefficient (Wildman–Crippen LogP) is 3.91. The van der Waals surface area contributed by atoms with Crippen molar-refractivity contribution < 1.29 is 0 Å². The van der Waals surface area contributed by atoms with Crippen molar-refractivity contribution in [2.75, 3.05) is 6.26 Å². The monoisotopic (exact) mass is 286 g/mol. The van der Waals surface area contributed by atoms with Gasteiger partial charge in [0, 0.05) is 4.90 Å². The van der Waals surface area contributed by atoms with Crippen molar-refractivity contribution in [3.05, 3.63) is 65.2 Å². The molecule has 0 saturated carbocycles. The van der Waals surface area contributed by atoms with Crippen molar-refractivity contribution in [3.63, 3.8) is 0 Å². The van der Waals surface area contributed by atoms with Gasteiger partial charge in [0.15, 0.2) is 0 Å². The highest BCUT2D eigenvalue weighted by molar-refractivity contribution is 7.98. The Hall–Kier alpha value is -1.29. The normalized spacial score (nSPS) is 12.3. The molecule has 0 aliphatic carbocycles. The van der Waals surface area contributed by atoms with Crippen molar-refractivity contribution in [1.82, 2.24) is 5.43 Å². The Labute approximate surface area is 125 Å². The van der Waals surface area contributed by atoms with Gasteiger partial charge in [0.1, 0.15) is 0 Å². The maximum absolute atomic E-state index is 5.83. The SMILES string of the molecule is CCCc1cccc(C(NN)c2ccccc2SC)c1. The summed E-state index contributed by atoms with van der Waals surface area (Å²) in [4.78, 5) is 1.26. The van der Waals surface area contributed by atoms with Crippen LogP contribution in [0.25, 0.3) is 0 Å². The number of hydrogen-bond acceptors (Lipinski definition) is 3. The number of thioether (sulfide) groups is 1. The summed E-state index contributed by atoms with van der Waals surface area (Å²) in [7, 11) is 0. The average molecular weight is 286 g/mol. The lowest BCUT2D eigenvalue weighted by Gasteiger charge is -2.20. The maximum atomic E-state index is 5.83. The topological polar surface area (TPSA) is 38.0 Å². The number of nitrogens with two attached hydrogens (primary N) is 1. The fraction of sp³-hybridized carbons (Fsp3) is 0.294. The molecule has 1 atom stereocenters.